The van der Waals surface area contributed by atoms with Gasteiger partial charge in [-0.15, -0.1) is 0 Å². The second kappa shape index (κ2) is 9.57. The molecule has 5 rings (SSSR count). The highest BCUT2D eigenvalue weighted by atomic mass is 16.7. The Morgan fingerprint density at radius 2 is 1.74 bits per heavy atom. The number of aliphatic hydroxyl groups excluding tert-OH is 4. The van der Waals surface area contributed by atoms with E-state index < -0.39 is 60.1 Å². The third-order valence-electron chi connectivity index (χ3n) is 11.2. The van der Waals surface area contributed by atoms with Crippen LogP contribution in [0.5, 0.6) is 0 Å². The molecule has 0 aromatic rings. The number of rotatable bonds is 5. The van der Waals surface area contributed by atoms with E-state index in [-0.39, 0.29) is 53.8 Å². The molecule has 1 saturated heterocycles. The van der Waals surface area contributed by atoms with E-state index in [1.54, 1.807) is 0 Å². The van der Waals surface area contributed by atoms with Gasteiger partial charge in [-0.2, -0.15) is 0 Å². The van der Waals surface area contributed by atoms with Crippen LogP contribution in [0.3, 0.4) is 0 Å². The van der Waals surface area contributed by atoms with Crippen LogP contribution in [0.4, 0.5) is 0 Å². The predicted molar refractivity (Wildman–Crippen MR) is 128 cm³/mol. The van der Waals surface area contributed by atoms with Gasteiger partial charge in [-0.1, -0.05) is 13.8 Å². The summed E-state index contributed by atoms with van der Waals surface area (Å²) in [5, 5.41) is 60.6. The van der Waals surface area contributed by atoms with Gasteiger partial charge in [-0.25, -0.2) is 4.79 Å². The number of carbonyl (C=O) groups excluding carboxylic acids is 2. The quantitative estimate of drug-likeness (QED) is 0.253. The average Bonchev–Trinajstić information content (AvgIpc) is 3.14. The first-order valence-electron chi connectivity index (χ1n) is 13.8. The van der Waals surface area contributed by atoms with Crippen molar-refractivity contribution < 1.29 is 54.5 Å². The van der Waals surface area contributed by atoms with Gasteiger partial charge in [-0.05, 0) is 68.1 Å². The van der Waals surface area contributed by atoms with Gasteiger partial charge in [0.25, 0.3) is 0 Å². The predicted octanol–water partition coefficient (Wildman–Crippen LogP) is -0.222. The Kier molecular flexibility index (Phi) is 7.07. The van der Waals surface area contributed by atoms with Crippen LogP contribution in [0.1, 0.15) is 65.2 Å². The summed E-state index contributed by atoms with van der Waals surface area (Å²) in [7, 11) is 0. The lowest BCUT2D eigenvalue weighted by Crippen LogP contribution is -2.63. The lowest BCUT2D eigenvalue weighted by atomic mass is 9.44. The second-order valence-corrected chi connectivity index (χ2v) is 12.8. The van der Waals surface area contributed by atoms with Gasteiger partial charge >= 0.3 is 5.97 Å². The van der Waals surface area contributed by atoms with Gasteiger partial charge in [0.05, 0.1) is 6.10 Å². The normalized spacial score (nSPS) is 52.6. The molecule has 13 atom stereocenters. The van der Waals surface area contributed by atoms with Crippen molar-refractivity contribution in [3.63, 3.8) is 0 Å². The highest BCUT2D eigenvalue weighted by molar-refractivity contribution is 5.92. The van der Waals surface area contributed by atoms with Crippen molar-refractivity contribution in [2.45, 2.75) is 108 Å². The van der Waals surface area contributed by atoms with E-state index in [2.05, 4.69) is 6.92 Å². The third kappa shape index (κ3) is 3.92. The maximum absolute atomic E-state index is 13.8. The first kappa shape index (κ1) is 28.1. The summed E-state index contributed by atoms with van der Waals surface area (Å²) in [6.45, 7) is 3.22. The summed E-state index contributed by atoms with van der Waals surface area (Å²) in [6.07, 6.45) is -4.28. The molecule has 0 radical (unpaired) electrons. The van der Waals surface area contributed by atoms with E-state index in [1.165, 1.54) is 0 Å². The van der Waals surface area contributed by atoms with Crippen LogP contribution in [0.15, 0.2) is 0 Å². The topological polar surface area (TPSA) is 191 Å². The second-order valence-electron chi connectivity index (χ2n) is 12.8. The third-order valence-corrected chi connectivity index (χ3v) is 11.2. The molecule has 1 aliphatic heterocycles. The smallest absolute Gasteiger partial charge is 0.335 e. The Bertz CT molecular complexity index is 986. The Morgan fingerprint density at radius 3 is 2.39 bits per heavy atom. The molecule has 11 nitrogen and oxygen atoms in total. The van der Waals surface area contributed by atoms with Crippen molar-refractivity contribution in [1.82, 2.24) is 0 Å². The van der Waals surface area contributed by atoms with E-state index in [4.69, 9.17) is 9.47 Å². The number of aliphatic carboxylic acids is 1. The number of hydrogen-bond donors (Lipinski definition) is 6. The van der Waals surface area contributed by atoms with Crippen molar-refractivity contribution in [3.05, 3.63) is 0 Å². The van der Waals surface area contributed by atoms with Crippen LogP contribution in [0.2, 0.25) is 0 Å². The molecular formula is C27H40O11. The number of carboxylic acids is 1. The average molecular weight is 541 g/mol. The summed E-state index contributed by atoms with van der Waals surface area (Å²) in [6, 6.07) is 0. The van der Waals surface area contributed by atoms with E-state index in [0.29, 0.717) is 25.7 Å². The van der Waals surface area contributed by atoms with E-state index in [0.717, 1.165) is 12.8 Å². The van der Waals surface area contributed by atoms with Crippen LogP contribution >= 0.6 is 0 Å². The maximum atomic E-state index is 13.8. The molecule has 6 N–H and O–H groups in total. The fourth-order valence-corrected chi connectivity index (χ4v) is 9.10. The summed E-state index contributed by atoms with van der Waals surface area (Å²) in [5.41, 5.74) is -2.90. The van der Waals surface area contributed by atoms with Crippen molar-refractivity contribution >= 4 is 17.5 Å². The fourth-order valence-electron chi connectivity index (χ4n) is 9.10. The summed E-state index contributed by atoms with van der Waals surface area (Å²) < 4.78 is 11.3. The number of carbonyl (C=O) groups is 3. The molecule has 0 aromatic heterocycles. The van der Waals surface area contributed by atoms with Crippen LogP contribution in [-0.2, 0) is 23.9 Å². The zero-order valence-electron chi connectivity index (χ0n) is 21.9. The maximum Gasteiger partial charge on any atom is 0.335 e. The minimum Gasteiger partial charge on any atom is -0.479 e. The minimum atomic E-state index is -1.78. The van der Waals surface area contributed by atoms with Gasteiger partial charge in [0, 0.05) is 17.8 Å². The van der Waals surface area contributed by atoms with Gasteiger partial charge in [0.15, 0.2) is 18.2 Å². The number of carboxylic acid groups (broad SMARTS) is 1. The number of ketones is 2. The highest BCUT2D eigenvalue weighted by Crippen LogP contribution is 2.67. The van der Waals surface area contributed by atoms with Crippen molar-refractivity contribution in [2.24, 2.45) is 34.5 Å². The van der Waals surface area contributed by atoms with Gasteiger partial charge in [0.1, 0.15) is 36.3 Å². The van der Waals surface area contributed by atoms with Crippen LogP contribution in [0.25, 0.3) is 0 Å². The molecular weight excluding hydrogens is 500 g/mol. The summed E-state index contributed by atoms with van der Waals surface area (Å²) >= 11 is 0. The summed E-state index contributed by atoms with van der Waals surface area (Å²) in [5.74, 6) is -2.06. The van der Waals surface area contributed by atoms with Gasteiger partial charge in [0.2, 0.25) is 0 Å². The molecule has 0 bridgehead atoms. The molecule has 1 heterocycles. The first-order valence-corrected chi connectivity index (χ1v) is 13.8. The monoisotopic (exact) mass is 540 g/mol. The molecule has 11 heteroatoms. The van der Waals surface area contributed by atoms with Crippen molar-refractivity contribution in [2.75, 3.05) is 6.61 Å². The molecule has 0 spiro atoms. The number of aliphatic hydroxyl groups is 5. The lowest BCUT2D eigenvalue weighted by molar-refractivity contribution is -0.309. The number of fused-ring (bicyclic) bond motifs is 5. The SMILES string of the molecule is C[C@]12CC[C@@H](O[C@@H]3O[C@H](C(=O)O)[C@@H](O)C(O)[C@H]3O)C[C@H]1CC[C@@H]1[C@@H]2C(=O)C[C@@]2(C)[C@H]1CC[C@]2(O)C(=O)CO. The Hall–Kier alpha value is -1.47. The largest absolute Gasteiger partial charge is 0.479 e. The minimum absolute atomic E-state index is 0.00380. The summed E-state index contributed by atoms with van der Waals surface area (Å²) in [4.78, 5) is 37.8. The van der Waals surface area contributed by atoms with E-state index >= 15 is 0 Å². The van der Waals surface area contributed by atoms with Crippen molar-refractivity contribution in [3.8, 4) is 0 Å². The van der Waals surface area contributed by atoms with Gasteiger partial charge in [-0.3, -0.25) is 9.59 Å². The number of hydrogen-bond acceptors (Lipinski definition) is 10. The molecule has 38 heavy (non-hydrogen) atoms. The fraction of sp³-hybridized carbons (Fsp3) is 0.889. The van der Waals surface area contributed by atoms with E-state index in [1.807, 2.05) is 6.92 Å². The van der Waals surface area contributed by atoms with Crippen LogP contribution < -0.4 is 0 Å². The molecule has 5 aliphatic rings. The molecule has 0 aromatic carbocycles. The molecule has 214 valence electrons. The standard InChI is InChI=1S/C27H40O11/c1-25-7-5-13(37-24-21(33)19(31)20(32)22(38-24)23(34)35)9-12(25)3-4-14-15-6-8-27(36,17(30)11-28)26(15,2)10-16(29)18(14)25/h12-15,18-22,24,28,31-33,36H,3-11H2,1-2H3,(H,34,35)/t12-,13-,14+,15+,18-,19?,20+,21-,22+,24-,25+,26+,27+/m1/s1. The Labute approximate surface area is 221 Å². The number of Topliss-reactive ketones (excluding diaryl/α,β-unsaturated/α-hetero) is 2. The zero-order chi connectivity index (χ0) is 27.8. The lowest BCUT2D eigenvalue weighted by Gasteiger charge is -2.60. The molecule has 0 amide bonds. The molecule has 5 fully saturated rings. The van der Waals surface area contributed by atoms with Crippen LogP contribution in [-0.4, -0.2) is 97.2 Å². The molecule has 4 saturated carbocycles. The van der Waals surface area contributed by atoms with Crippen molar-refractivity contribution in [1.29, 1.82) is 0 Å². The van der Waals surface area contributed by atoms with E-state index in [9.17, 15) is 45.0 Å². The number of ether oxygens (including phenoxy) is 2. The molecule has 1 unspecified atom stereocenters. The van der Waals surface area contributed by atoms with Crippen LogP contribution in [0, 0.1) is 34.5 Å². The van der Waals surface area contributed by atoms with Gasteiger partial charge < -0.3 is 40.1 Å². The highest BCUT2D eigenvalue weighted by Gasteiger charge is 2.69. The Morgan fingerprint density at radius 1 is 1.03 bits per heavy atom. The molecule has 4 aliphatic carbocycles. The first-order chi connectivity index (χ1) is 17.8. The Balaban J connectivity index is 1.31. The zero-order valence-corrected chi connectivity index (χ0v) is 21.9.